The van der Waals surface area contributed by atoms with Gasteiger partial charge in [-0.25, -0.2) is 9.97 Å². The molecule has 0 saturated heterocycles. The number of benzene rings is 3. The summed E-state index contributed by atoms with van der Waals surface area (Å²) in [6.45, 7) is 2.03. The van der Waals surface area contributed by atoms with E-state index in [1.165, 1.54) is 12.1 Å². The highest BCUT2D eigenvalue weighted by Gasteiger charge is 2.12. The van der Waals surface area contributed by atoms with Crippen LogP contribution in [0.2, 0.25) is 0 Å². The third-order valence-electron chi connectivity index (χ3n) is 4.21. The summed E-state index contributed by atoms with van der Waals surface area (Å²) in [5, 5.41) is 15.1. The summed E-state index contributed by atoms with van der Waals surface area (Å²) in [5.41, 5.74) is 4.31. The Morgan fingerprint density at radius 3 is 2.52 bits per heavy atom. The Bertz CT molecular complexity index is 1140. The highest BCUT2D eigenvalue weighted by Crippen LogP contribution is 2.29. The van der Waals surface area contributed by atoms with Gasteiger partial charge in [0.2, 0.25) is 5.95 Å². The number of nitro groups is 1. The minimum Gasteiger partial charge on any atom is -0.324 e. The molecule has 0 saturated carbocycles. The van der Waals surface area contributed by atoms with E-state index in [-0.39, 0.29) is 5.69 Å². The molecule has 0 unspecified atom stereocenters. The molecule has 6 heteroatoms. The zero-order valence-corrected chi connectivity index (χ0v) is 14.6. The van der Waals surface area contributed by atoms with Gasteiger partial charge in [-0.15, -0.1) is 0 Å². The van der Waals surface area contributed by atoms with E-state index < -0.39 is 4.92 Å². The van der Waals surface area contributed by atoms with E-state index in [0.29, 0.717) is 11.6 Å². The smallest absolute Gasteiger partial charge is 0.271 e. The van der Waals surface area contributed by atoms with Gasteiger partial charge in [-0.2, -0.15) is 0 Å². The number of fused-ring (bicyclic) bond motifs is 1. The maximum Gasteiger partial charge on any atom is 0.271 e. The molecule has 1 heterocycles. The van der Waals surface area contributed by atoms with Crippen molar-refractivity contribution in [3.05, 3.63) is 88.5 Å². The Morgan fingerprint density at radius 2 is 1.74 bits per heavy atom. The summed E-state index contributed by atoms with van der Waals surface area (Å²) < 4.78 is 0. The summed E-state index contributed by atoms with van der Waals surface area (Å²) in [7, 11) is 0. The van der Waals surface area contributed by atoms with Crippen LogP contribution >= 0.6 is 0 Å². The number of anilines is 2. The summed E-state index contributed by atoms with van der Waals surface area (Å²) >= 11 is 0. The lowest BCUT2D eigenvalue weighted by Gasteiger charge is -2.11. The number of nitrogens with one attached hydrogen (secondary N) is 1. The van der Waals surface area contributed by atoms with Gasteiger partial charge in [-0.3, -0.25) is 10.1 Å². The molecule has 3 aromatic carbocycles. The average Bonchev–Trinajstić information content (AvgIpc) is 2.68. The van der Waals surface area contributed by atoms with Crippen LogP contribution in [0.1, 0.15) is 5.56 Å². The van der Waals surface area contributed by atoms with Crippen LogP contribution in [0.15, 0.2) is 72.8 Å². The lowest BCUT2D eigenvalue weighted by Crippen LogP contribution is -2.00. The Balaban J connectivity index is 1.84. The van der Waals surface area contributed by atoms with E-state index >= 15 is 0 Å². The van der Waals surface area contributed by atoms with E-state index in [1.807, 2.05) is 49.4 Å². The van der Waals surface area contributed by atoms with Crippen LogP contribution in [0.4, 0.5) is 17.3 Å². The molecule has 0 aliphatic rings. The van der Waals surface area contributed by atoms with Gasteiger partial charge in [-0.1, -0.05) is 48.0 Å². The van der Waals surface area contributed by atoms with Crippen molar-refractivity contribution in [1.82, 2.24) is 9.97 Å². The van der Waals surface area contributed by atoms with Gasteiger partial charge in [0.1, 0.15) is 0 Å². The van der Waals surface area contributed by atoms with Crippen molar-refractivity contribution in [2.75, 3.05) is 5.32 Å². The fourth-order valence-corrected chi connectivity index (χ4v) is 2.94. The molecule has 0 radical (unpaired) electrons. The van der Waals surface area contributed by atoms with Crippen molar-refractivity contribution in [2.24, 2.45) is 0 Å². The second-order valence-electron chi connectivity index (χ2n) is 6.21. The van der Waals surface area contributed by atoms with Crippen molar-refractivity contribution in [1.29, 1.82) is 0 Å². The van der Waals surface area contributed by atoms with Crippen molar-refractivity contribution >= 4 is 28.2 Å². The third-order valence-corrected chi connectivity index (χ3v) is 4.21. The first kappa shape index (κ1) is 16.7. The van der Waals surface area contributed by atoms with Gasteiger partial charge in [0.25, 0.3) is 5.69 Å². The molecule has 0 aliphatic carbocycles. The molecule has 1 N–H and O–H groups in total. The predicted octanol–water partition coefficient (Wildman–Crippen LogP) is 5.26. The molecular weight excluding hydrogens is 340 g/mol. The van der Waals surface area contributed by atoms with E-state index in [0.717, 1.165) is 27.7 Å². The molecule has 0 fully saturated rings. The molecule has 0 amide bonds. The summed E-state index contributed by atoms with van der Waals surface area (Å²) in [6, 6.07) is 22.2. The number of hydrogen-bond donors (Lipinski definition) is 1. The summed E-state index contributed by atoms with van der Waals surface area (Å²) in [5.74, 6) is 0.394. The number of rotatable bonds is 4. The van der Waals surface area contributed by atoms with E-state index in [1.54, 1.807) is 12.1 Å². The van der Waals surface area contributed by atoms with Crippen LogP contribution in [0.25, 0.3) is 22.2 Å². The first-order valence-corrected chi connectivity index (χ1v) is 8.45. The summed E-state index contributed by atoms with van der Waals surface area (Å²) in [4.78, 5) is 19.8. The first-order valence-electron chi connectivity index (χ1n) is 8.45. The Kier molecular flexibility index (Phi) is 4.22. The monoisotopic (exact) mass is 356 g/mol. The molecule has 27 heavy (non-hydrogen) atoms. The Hall–Kier alpha value is -3.80. The largest absolute Gasteiger partial charge is 0.324 e. The fourth-order valence-electron chi connectivity index (χ4n) is 2.94. The fraction of sp³-hybridized carbons (Fsp3) is 0.0476. The topological polar surface area (TPSA) is 81.0 Å². The van der Waals surface area contributed by atoms with Crippen LogP contribution in [-0.2, 0) is 0 Å². The second kappa shape index (κ2) is 6.84. The van der Waals surface area contributed by atoms with Gasteiger partial charge < -0.3 is 5.32 Å². The minimum atomic E-state index is -0.426. The molecule has 1 aromatic heterocycles. The van der Waals surface area contributed by atoms with Gasteiger partial charge in [-0.05, 0) is 25.1 Å². The minimum absolute atomic E-state index is 0.0136. The molecule has 0 spiro atoms. The highest BCUT2D eigenvalue weighted by atomic mass is 16.6. The van der Waals surface area contributed by atoms with Crippen LogP contribution < -0.4 is 5.32 Å². The normalized spacial score (nSPS) is 10.7. The molecule has 6 nitrogen and oxygen atoms in total. The van der Waals surface area contributed by atoms with Gasteiger partial charge in [0.15, 0.2) is 0 Å². The summed E-state index contributed by atoms with van der Waals surface area (Å²) in [6.07, 6.45) is 0. The van der Waals surface area contributed by atoms with Crippen LogP contribution in [0.3, 0.4) is 0 Å². The van der Waals surface area contributed by atoms with Gasteiger partial charge >= 0.3 is 0 Å². The van der Waals surface area contributed by atoms with Gasteiger partial charge in [0.05, 0.1) is 16.1 Å². The van der Waals surface area contributed by atoms with E-state index in [2.05, 4.69) is 21.4 Å². The lowest BCUT2D eigenvalue weighted by molar-refractivity contribution is -0.384. The SMILES string of the molecule is Cc1ccc2nc(Nc3cccc([N+](=O)[O-])c3)nc(-c3ccccc3)c2c1. The molecule has 0 atom stereocenters. The van der Waals surface area contributed by atoms with Crippen LogP contribution in [0, 0.1) is 17.0 Å². The number of nitrogens with zero attached hydrogens (tertiary/aromatic N) is 3. The molecule has 132 valence electrons. The zero-order chi connectivity index (χ0) is 18.8. The number of non-ortho nitro benzene ring substituents is 1. The lowest BCUT2D eigenvalue weighted by atomic mass is 10.0. The molecule has 4 rings (SSSR count). The van der Waals surface area contributed by atoms with Gasteiger partial charge in [0, 0.05) is 28.8 Å². The number of aromatic nitrogens is 2. The quantitative estimate of drug-likeness (QED) is 0.398. The van der Waals surface area contributed by atoms with Crippen molar-refractivity contribution < 1.29 is 4.92 Å². The van der Waals surface area contributed by atoms with Crippen LogP contribution in [-0.4, -0.2) is 14.9 Å². The molecule has 4 aromatic rings. The van der Waals surface area contributed by atoms with Crippen molar-refractivity contribution in [3.63, 3.8) is 0 Å². The molecular formula is C21H16N4O2. The maximum absolute atomic E-state index is 11.0. The maximum atomic E-state index is 11.0. The van der Waals surface area contributed by atoms with Crippen LogP contribution in [0.5, 0.6) is 0 Å². The molecule has 0 bridgehead atoms. The highest BCUT2D eigenvalue weighted by molar-refractivity contribution is 5.93. The van der Waals surface area contributed by atoms with Crippen molar-refractivity contribution in [2.45, 2.75) is 6.92 Å². The second-order valence-corrected chi connectivity index (χ2v) is 6.21. The standard InChI is InChI=1S/C21H16N4O2/c1-14-10-11-19-18(12-14)20(15-6-3-2-4-7-15)24-21(23-19)22-16-8-5-9-17(13-16)25(26)27/h2-13H,1H3,(H,22,23,24). The van der Waals surface area contributed by atoms with E-state index in [9.17, 15) is 10.1 Å². The first-order chi connectivity index (χ1) is 13.1. The third kappa shape index (κ3) is 3.46. The number of nitro benzene ring substituents is 1. The predicted molar refractivity (Wildman–Crippen MR) is 106 cm³/mol. The number of hydrogen-bond acceptors (Lipinski definition) is 5. The molecule has 0 aliphatic heterocycles. The Labute approximate surface area is 155 Å². The average molecular weight is 356 g/mol. The van der Waals surface area contributed by atoms with E-state index in [4.69, 9.17) is 0 Å². The zero-order valence-electron chi connectivity index (χ0n) is 14.6. The van der Waals surface area contributed by atoms with Crippen molar-refractivity contribution in [3.8, 4) is 11.3 Å². The number of aryl methyl sites for hydroxylation is 1. The Morgan fingerprint density at radius 1 is 0.926 bits per heavy atom.